The molecule has 1 heterocycles. The summed E-state index contributed by atoms with van der Waals surface area (Å²) < 4.78 is 47.4. The van der Waals surface area contributed by atoms with Gasteiger partial charge in [-0.25, -0.2) is 22.3 Å². The lowest BCUT2D eigenvalue weighted by molar-refractivity contribution is 0.0514. The number of halogens is 1. The fourth-order valence-corrected chi connectivity index (χ4v) is 4.22. The lowest BCUT2D eigenvalue weighted by atomic mass is 10.2. The maximum Gasteiger partial charge on any atom is 0.355 e. The van der Waals surface area contributed by atoms with E-state index in [4.69, 9.17) is 4.74 Å². The third-order valence-corrected chi connectivity index (χ3v) is 5.64. The molecule has 1 aromatic heterocycles. The van der Waals surface area contributed by atoms with Gasteiger partial charge in [0.1, 0.15) is 16.4 Å². The Labute approximate surface area is 146 Å². The summed E-state index contributed by atoms with van der Waals surface area (Å²) in [7, 11) is -2.23. The van der Waals surface area contributed by atoms with Crippen LogP contribution in [0.1, 0.15) is 34.2 Å². The number of carbonyl (C=O) groups is 1. The van der Waals surface area contributed by atoms with Crippen molar-refractivity contribution in [3.8, 4) is 0 Å². The highest BCUT2D eigenvalue weighted by molar-refractivity contribution is 7.89. The van der Waals surface area contributed by atoms with E-state index in [1.54, 1.807) is 27.8 Å². The van der Waals surface area contributed by atoms with Gasteiger partial charge in [0.25, 0.3) is 0 Å². The second kappa shape index (κ2) is 7.37. The molecule has 1 N–H and O–H groups in total. The zero-order chi connectivity index (χ0) is 18.8. The topological polar surface area (TPSA) is 77.4 Å². The van der Waals surface area contributed by atoms with Crippen molar-refractivity contribution in [2.75, 3.05) is 6.61 Å². The van der Waals surface area contributed by atoms with Crippen LogP contribution in [0.15, 0.2) is 29.2 Å². The molecule has 0 atom stereocenters. The van der Waals surface area contributed by atoms with Gasteiger partial charge in [-0.1, -0.05) is 12.1 Å². The molecule has 2 rings (SSSR count). The number of sulfonamides is 1. The number of ether oxygens (including phenoxy) is 1. The summed E-state index contributed by atoms with van der Waals surface area (Å²) in [6, 6.07) is 5.54. The van der Waals surface area contributed by atoms with E-state index in [2.05, 4.69) is 4.72 Å². The lowest BCUT2D eigenvalue weighted by Gasteiger charge is -2.08. The fourth-order valence-electron chi connectivity index (χ4n) is 2.69. The van der Waals surface area contributed by atoms with Crippen molar-refractivity contribution in [2.45, 2.75) is 32.2 Å². The van der Waals surface area contributed by atoms with Crippen LogP contribution in [-0.4, -0.2) is 25.6 Å². The maximum absolute atomic E-state index is 12.9. The van der Waals surface area contributed by atoms with Gasteiger partial charge >= 0.3 is 5.97 Å². The van der Waals surface area contributed by atoms with E-state index in [1.165, 1.54) is 28.8 Å². The molecule has 0 fully saturated rings. The van der Waals surface area contributed by atoms with E-state index < -0.39 is 16.0 Å². The number of hydrogen-bond acceptors (Lipinski definition) is 4. The van der Waals surface area contributed by atoms with Crippen LogP contribution in [0.4, 0.5) is 4.39 Å². The molecule has 2 aromatic rings. The monoisotopic (exact) mass is 368 g/mol. The van der Waals surface area contributed by atoms with Gasteiger partial charge in [0, 0.05) is 24.8 Å². The van der Waals surface area contributed by atoms with E-state index in [0.29, 0.717) is 16.8 Å². The first kappa shape index (κ1) is 19.1. The van der Waals surface area contributed by atoms with Crippen LogP contribution in [0.25, 0.3) is 0 Å². The van der Waals surface area contributed by atoms with E-state index in [9.17, 15) is 17.6 Å². The first-order valence-corrected chi connectivity index (χ1v) is 9.24. The third kappa shape index (κ3) is 3.91. The van der Waals surface area contributed by atoms with E-state index in [1.807, 2.05) is 0 Å². The van der Waals surface area contributed by atoms with E-state index in [0.717, 1.165) is 0 Å². The third-order valence-electron chi connectivity index (χ3n) is 3.98. The first-order valence-electron chi connectivity index (χ1n) is 7.76. The molecule has 0 aliphatic carbocycles. The molecule has 0 spiro atoms. The number of rotatable bonds is 6. The number of esters is 1. The number of nitrogens with one attached hydrogen (secondary N) is 1. The van der Waals surface area contributed by atoms with Crippen molar-refractivity contribution in [1.82, 2.24) is 9.29 Å². The van der Waals surface area contributed by atoms with Crippen molar-refractivity contribution >= 4 is 16.0 Å². The Morgan fingerprint density at radius 1 is 1.24 bits per heavy atom. The van der Waals surface area contributed by atoms with Crippen molar-refractivity contribution in [2.24, 2.45) is 7.05 Å². The quantitative estimate of drug-likeness (QED) is 0.795. The molecule has 6 nitrogen and oxygen atoms in total. The van der Waals surface area contributed by atoms with Gasteiger partial charge in [-0.3, -0.25) is 0 Å². The molecule has 0 radical (unpaired) electrons. The highest BCUT2D eigenvalue weighted by atomic mass is 32.2. The van der Waals surface area contributed by atoms with E-state index in [-0.39, 0.29) is 29.6 Å². The van der Waals surface area contributed by atoms with Crippen molar-refractivity contribution < 1.29 is 22.3 Å². The highest BCUT2D eigenvalue weighted by Gasteiger charge is 2.29. The van der Waals surface area contributed by atoms with Crippen molar-refractivity contribution in [3.05, 3.63) is 52.6 Å². The van der Waals surface area contributed by atoms with Gasteiger partial charge in [-0.15, -0.1) is 0 Å². The Kier molecular flexibility index (Phi) is 5.64. The molecule has 0 saturated heterocycles. The molecule has 8 heteroatoms. The predicted octanol–water partition coefficient (Wildman–Crippen LogP) is 2.44. The van der Waals surface area contributed by atoms with Gasteiger partial charge in [0.05, 0.1) is 6.61 Å². The molecular formula is C17H21FN2O4S. The minimum atomic E-state index is -3.85. The minimum Gasteiger partial charge on any atom is -0.461 e. The Morgan fingerprint density at radius 3 is 2.40 bits per heavy atom. The molecule has 0 bridgehead atoms. The highest BCUT2D eigenvalue weighted by Crippen LogP contribution is 2.26. The Morgan fingerprint density at radius 2 is 1.84 bits per heavy atom. The summed E-state index contributed by atoms with van der Waals surface area (Å²) in [5.74, 6) is -0.953. The number of benzene rings is 1. The van der Waals surface area contributed by atoms with Crippen molar-refractivity contribution in [1.29, 1.82) is 0 Å². The Balaban J connectivity index is 2.34. The van der Waals surface area contributed by atoms with Gasteiger partial charge in [0.2, 0.25) is 10.0 Å². The smallest absolute Gasteiger partial charge is 0.355 e. The summed E-state index contributed by atoms with van der Waals surface area (Å²) in [6.07, 6.45) is 0. The molecule has 0 amide bonds. The van der Waals surface area contributed by atoms with Gasteiger partial charge in [0.15, 0.2) is 0 Å². The molecule has 0 aliphatic heterocycles. The molecule has 0 saturated carbocycles. The van der Waals surface area contributed by atoms with Gasteiger partial charge in [-0.2, -0.15) is 0 Å². The fraction of sp³-hybridized carbons (Fsp3) is 0.353. The van der Waals surface area contributed by atoms with Crippen LogP contribution in [0, 0.1) is 19.7 Å². The molecule has 25 heavy (non-hydrogen) atoms. The predicted molar refractivity (Wildman–Crippen MR) is 91.3 cm³/mol. The van der Waals surface area contributed by atoms with Gasteiger partial charge in [-0.05, 0) is 38.5 Å². The number of nitrogens with zero attached hydrogens (tertiary/aromatic N) is 1. The molecule has 0 unspecified atom stereocenters. The van der Waals surface area contributed by atoms with Crippen LogP contribution < -0.4 is 4.72 Å². The summed E-state index contributed by atoms with van der Waals surface area (Å²) in [5, 5.41) is 0. The van der Waals surface area contributed by atoms with Gasteiger partial charge < -0.3 is 9.30 Å². The average molecular weight is 368 g/mol. The Bertz CT molecular complexity index is 886. The molecule has 136 valence electrons. The van der Waals surface area contributed by atoms with Crippen LogP contribution in [0.3, 0.4) is 0 Å². The zero-order valence-corrected chi connectivity index (χ0v) is 15.4. The van der Waals surface area contributed by atoms with Crippen LogP contribution in [0.5, 0.6) is 0 Å². The normalized spacial score (nSPS) is 11.6. The minimum absolute atomic E-state index is 0.0190. The zero-order valence-electron chi connectivity index (χ0n) is 14.6. The summed E-state index contributed by atoms with van der Waals surface area (Å²) >= 11 is 0. The van der Waals surface area contributed by atoms with Crippen molar-refractivity contribution in [3.63, 3.8) is 0 Å². The number of carbonyl (C=O) groups excluding carboxylic acids is 1. The average Bonchev–Trinajstić information content (AvgIpc) is 2.77. The number of aromatic nitrogens is 1. The van der Waals surface area contributed by atoms with Crippen LogP contribution in [-0.2, 0) is 28.4 Å². The second-order valence-corrected chi connectivity index (χ2v) is 7.32. The Hall–Kier alpha value is -2.19. The standard InChI is InChI=1S/C17H21FN2O4S/c1-5-24-17(21)15-11(2)16(12(3)20(15)4)25(22,23)19-10-13-6-8-14(18)9-7-13/h6-9,19H,5,10H2,1-4H3. The molecule has 1 aromatic carbocycles. The second-order valence-electron chi connectivity index (χ2n) is 5.62. The number of hydrogen-bond donors (Lipinski definition) is 1. The molecular weight excluding hydrogens is 347 g/mol. The molecule has 0 aliphatic rings. The SMILES string of the molecule is CCOC(=O)c1c(C)c(S(=O)(=O)NCc2ccc(F)cc2)c(C)n1C. The summed E-state index contributed by atoms with van der Waals surface area (Å²) in [5.41, 5.74) is 1.61. The van der Waals surface area contributed by atoms with E-state index >= 15 is 0 Å². The van der Waals surface area contributed by atoms with Crippen LogP contribution in [0.2, 0.25) is 0 Å². The largest absolute Gasteiger partial charge is 0.461 e. The first-order chi connectivity index (χ1) is 11.7. The summed E-state index contributed by atoms with van der Waals surface area (Å²) in [6.45, 7) is 5.11. The summed E-state index contributed by atoms with van der Waals surface area (Å²) in [4.78, 5) is 12.2. The lowest BCUT2D eigenvalue weighted by Crippen LogP contribution is -2.24. The maximum atomic E-state index is 12.9. The van der Waals surface area contributed by atoms with Crippen LogP contribution >= 0.6 is 0 Å².